The lowest BCUT2D eigenvalue weighted by molar-refractivity contribution is -0.290. The van der Waals surface area contributed by atoms with E-state index in [1.54, 1.807) is 30.3 Å². The monoisotopic (exact) mass is 585 g/mol. The van der Waals surface area contributed by atoms with Crippen molar-refractivity contribution in [1.29, 1.82) is 5.41 Å². The van der Waals surface area contributed by atoms with E-state index < -0.39 is 52.3 Å². The molecule has 0 amide bonds. The molecule has 1 aliphatic heterocycles. The third kappa shape index (κ3) is 7.92. The minimum atomic E-state index is -2.27. The molecule has 1 heterocycles. The number of ether oxygens (including phenoxy) is 6. The Hall–Kier alpha value is -2.66. The Morgan fingerprint density at radius 3 is 2.18 bits per heavy atom. The highest BCUT2D eigenvalue weighted by molar-refractivity contribution is 6.76. The molecule has 1 N–H and O–H groups in total. The molecule has 2 aromatic rings. The first-order valence-electron chi connectivity index (χ1n) is 11.4. The highest BCUT2D eigenvalue weighted by Crippen LogP contribution is 2.34. The molecule has 2 aromatic carbocycles. The van der Waals surface area contributed by atoms with Gasteiger partial charge < -0.3 is 28.4 Å². The van der Waals surface area contributed by atoms with Crippen molar-refractivity contribution in [3.05, 3.63) is 84.4 Å². The second kappa shape index (κ2) is 13.9. The predicted molar refractivity (Wildman–Crippen MR) is 140 cm³/mol. The van der Waals surface area contributed by atoms with Gasteiger partial charge in [0.25, 0.3) is 3.79 Å². The van der Waals surface area contributed by atoms with Crippen LogP contribution in [0.5, 0.6) is 0 Å². The molecular weight excluding hydrogens is 561 g/mol. The minimum Gasteiger partial charge on any atom is -0.467 e. The Morgan fingerprint density at radius 2 is 1.61 bits per heavy atom. The van der Waals surface area contributed by atoms with Crippen molar-refractivity contribution in [3.8, 4) is 0 Å². The average Bonchev–Trinajstić information content (AvgIpc) is 2.92. The summed E-state index contributed by atoms with van der Waals surface area (Å²) in [4.78, 5) is 25.8. The molecule has 0 aliphatic carbocycles. The fraction of sp³-hybridized carbons (Fsp3) is 0.346. The molecule has 38 heavy (non-hydrogen) atoms. The average molecular weight is 587 g/mol. The van der Waals surface area contributed by atoms with Crippen molar-refractivity contribution in [2.45, 2.75) is 41.1 Å². The number of nitrogens with one attached hydrogen (secondary N) is 1. The van der Waals surface area contributed by atoms with Crippen LogP contribution in [0.15, 0.2) is 73.3 Å². The van der Waals surface area contributed by atoms with Gasteiger partial charge in [0.2, 0.25) is 12.2 Å². The Kier molecular flexibility index (Phi) is 11.0. The van der Waals surface area contributed by atoms with Crippen molar-refractivity contribution in [2.24, 2.45) is 0 Å². The lowest BCUT2D eigenvalue weighted by atomic mass is 9.97. The lowest BCUT2D eigenvalue weighted by Crippen LogP contribution is -2.63. The van der Waals surface area contributed by atoms with Crippen LogP contribution in [0.2, 0.25) is 0 Å². The number of rotatable bonds is 10. The van der Waals surface area contributed by atoms with E-state index in [2.05, 4.69) is 6.58 Å². The molecule has 0 radical (unpaired) electrons. The van der Waals surface area contributed by atoms with Gasteiger partial charge in [0.1, 0.15) is 12.2 Å². The molecule has 0 unspecified atom stereocenters. The van der Waals surface area contributed by atoms with E-state index in [-0.39, 0.29) is 18.8 Å². The molecule has 0 saturated carbocycles. The summed E-state index contributed by atoms with van der Waals surface area (Å²) in [7, 11) is 1.16. The molecule has 1 saturated heterocycles. The number of alkyl halides is 3. The van der Waals surface area contributed by atoms with Gasteiger partial charge in [-0.15, -0.1) is 6.58 Å². The van der Waals surface area contributed by atoms with Crippen LogP contribution >= 0.6 is 34.8 Å². The largest absolute Gasteiger partial charge is 0.467 e. The van der Waals surface area contributed by atoms with Crippen molar-refractivity contribution in [3.63, 3.8) is 0 Å². The number of hydrogen-bond donors (Lipinski definition) is 1. The zero-order valence-electron chi connectivity index (χ0n) is 20.3. The summed E-state index contributed by atoms with van der Waals surface area (Å²) < 4.78 is 31.7. The molecule has 1 aliphatic rings. The summed E-state index contributed by atoms with van der Waals surface area (Å²) in [6.45, 7) is 3.68. The number of hydrogen-bond acceptors (Lipinski definition) is 9. The maximum atomic E-state index is 13.1. The van der Waals surface area contributed by atoms with E-state index in [4.69, 9.17) is 68.6 Å². The summed E-state index contributed by atoms with van der Waals surface area (Å²) in [5, 5.41) is 8.05. The number of halogens is 3. The first-order chi connectivity index (χ1) is 18.2. The van der Waals surface area contributed by atoms with Gasteiger partial charge in [0.15, 0.2) is 12.2 Å². The summed E-state index contributed by atoms with van der Waals surface area (Å²) in [5.41, 5.74) is 1.01. The molecule has 0 aromatic heterocycles. The van der Waals surface area contributed by atoms with Crippen LogP contribution in [0.25, 0.3) is 0 Å². The van der Waals surface area contributed by atoms with E-state index >= 15 is 0 Å². The van der Waals surface area contributed by atoms with Crippen molar-refractivity contribution < 1.29 is 38.0 Å². The van der Waals surface area contributed by atoms with Crippen LogP contribution in [0.1, 0.15) is 15.9 Å². The SMILES string of the molecule is C=CCO[C@H]1[C@H](OCc2ccccc2)[C@@H](OC(=O)c2ccccc2)[C@H](OC(=N)C(Cl)(Cl)Cl)O[C@H]1C(=O)OC. The Morgan fingerprint density at radius 1 is 0.974 bits per heavy atom. The number of benzene rings is 2. The van der Waals surface area contributed by atoms with Crippen LogP contribution in [0.3, 0.4) is 0 Å². The Bertz CT molecular complexity index is 1100. The Labute approximate surface area is 235 Å². The molecule has 5 atom stereocenters. The normalized spacial score (nSPS) is 23.2. The van der Waals surface area contributed by atoms with Gasteiger partial charge in [-0.25, -0.2) is 9.59 Å². The lowest BCUT2D eigenvalue weighted by Gasteiger charge is -2.44. The van der Waals surface area contributed by atoms with Crippen LogP contribution in [-0.2, 0) is 39.8 Å². The first kappa shape index (κ1) is 29.9. The Balaban J connectivity index is 2.03. The standard InChI is InChI=1S/C26H26Cl3NO8/c1-3-14-34-18-19(35-15-16-10-6-4-7-11-16)21(36-22(31)17-12-8-5-9-13-17)24(37-20(18)23(32)33-2)38-25(30)26(27,28)29/h3-13,18-21,24,30H,1,14-15H2,2H3/t18-,19-,20+,21+,24-/m0/s1. The van der Waals surface area contributed by atoms with Gasteiger partial charge in [0, 0.05) is 0 Å². The first-order valence-corrected chi connectivity index (χ1v) is 12.5. The van der Waals surface area contributed by atoms with E-state index in [1.165, 1.54) is 6.08 Å². The van der Waals surface area contributed by atoms with Gasteiger partial charge >= 0.3 is 11.9 Å². The molecule has 9 nitrogen and oxygen atoms in total. The fourth-order valence-corrected chi connectivity index (χ4v) is 3.74. The smallest absolute Gasteiger partial charge is 0.338 e. The van der Waals surface area contributed by atoms with Crippen LogP contribution in [-0.4, -0.2) is 66.1 Å². The second-order valence-electron chi connectivity index (χ2n) is 7.98. The quantitative estimate of drug-likeness (QED) is 0.141. The summed E-state index contributed by atoms with van der Waals surface area (Å²) >= 11 is 17.4. The summed E-state index contributed by atoms with van der Waals surface area (Å²) in [6.07, 6.45) is -5.24. The van der Waals surface area contributed by atoms with E-state index in [1.807, 2.05) is 30.3 Å². The summed E-state index contributed by atoms with van der Waals surface area (Å²) in [6, 6.07) is 17.3. The molecule has 3 rings (SSSR count). The molecule has 0 spiro atoms. The number of carbonyl (C=O) groups is 2. The van der Waals surface area contributed by atoms with Gasteiger partial charge in [-0.1, -0.05) is 89.4 Å². The maximum absolute atomic E-state index is 13.1. The van der Waals surface area contributed by atoms with E-state index in [0.717, 1.165) is 12.7 Å². The van der Waals surface area contributed by atoms with Gasteiger partial charge in [-0.3, -0.25) is 5.41 Å². The van der Waals surface area contributed by atoms with E-state index in [9.17, 15) is 9.59 Å². The zero-order valence-corrected chi connectivity index (χ0v) is 22.5. The number of carbonyl (C=O) groups excluding carboxylic acids is 2. The van der Waals surface area contributed by atoms with Crippen molar-refractivity contribution in [2.75, 3.05) is 13.7 Å². The minimum absolute atomic E-state index is 0.00155. The molecule has 204 valence electrons. The van der Waals surface area contributed by atoms with Gasteiger partial charge in [-0.2, -0.15) is 0 Å². The highest BCUT2D eigenvalue weighted by Gasteiger charge is 2.54. The van der Waals surface area contributed by atoms with Crippen molar-refractivity contribution in [1.82, 2.24) is 0 Å². The number of esters is 2. The second-order valence-corrected chi connectivity index (χ2v) is 10.3. The molecule has 1 fully saturated rings. The fourth-order valence-electron chi connectivity index (χ4n) is 3.60. The number of methoxy groups -OCH3 is 1. The van der Waals surface area contributed by atoms with Crippen LogP contribution in [0, 0.1) is 5.41 Å². The third-order valence-corrected chi connectivity index (χ3v) is 5.88. The van der Waals surface area contributed by atoms with Gasteiger partial charge in [-0.05, 0) is 17.7 Å². The van der Waals surface area contributed by atoms with Crippen LogP contribution in [0.4, 0.5) is 0 Å². The highest BCUT2D eigenvalue weighted by atomic mass is 35.6. The topological polar surface area (TPSA) is 113 Å². The molecular formula is C26H26Cl3NO8. The predicted octanol–water partition coefficient (Wildman–Crippen LogP) is 4.63. The van der Waals surface area contributed by atoms with Gasteiger partial charge in [0.05, 0.1) is 25.9 Å². The molecule has 0 bridgehead atoms. The third-order valence-electron chi connectivity index (χ3n) is 5.36. The molecule has 12 heteroatoms. The maximum Gasteiger partial charge on any atom is 0.338 e. The van der Waals surface area contributed by atoms with E-state index in [0.29, 0.717) is 0 Å². The van der Waals surface area contributed by atoms with Crippen LogP contribution < -0.4 is 0 Å². The summed E-state index contributed by atoms with van der Waals surface area (Å²) in [5.74, 6) is -2.40. The zero-order chi connectivity index (χ0) is 27.7. The van der Waals surface area contributed by atoms with Crippen molar-refractivity contribution >= 4 is 52.6 Å².